The number of nitrogens with two attached hydrogens (primary N) is 1. The molecule has 3 N–H and O–H groups in total. The van der Waals surface area contributed by atoms with Crippen molar-refractivity contribution in [3.8, 4) is 0 Å². The minimum atomic E-state index is -3.68. The van der Waals surface area contributed by atoms with E-state index in [-0.39, 0.29) is 18.0 Å². The molecule has 0 saturated carbocycles. The zero-order valence-electron chi connectivity index (χ0n) is 11.6. The number of nitrogens with one attached hydrogen (secondary N) is 1. The Hall–Kier alpha value is -1.64. The molecule has 0 aliphatic carbocycles. The number of sulfonamides is 1. The van der Waals surface area contributed by atoms with Crippen LogP contribution in [0.4, 0.5) is 0 Å². The molecule has 0 aromatic carbocycles. The lowest BCUT2D eigenvalue weighted by atomic mass is 10.4. The van der Waals surface area contributed by atoms with Gasteiger partial charge in [-0.05, 0) is 20.8 Å². The number of hydrogen-bond donors (Lipinski definition) is 2. The van der Waals surface area contributed by atoms with E-state index >= 15 is 0 Å². The second kappa shape index (κ2) is 5.39. The van der Waals surface area contributed by atoms with Crippen LogP contribution in [0.1, 0.15) is 28.9 Å². The molecule has 0 saturated heterocycles. The Labute approximate surface area is 117 Å². The van der Waals surface area contributed by atoms with Crippen molar-refractivity contribution >= 4 is 10.0 Å². The van der Waals surface area contributed by atoms with Crippen molar-refractivity contribution in [3.05, 3.63) is 34.9 Å². The molecule has 110 valence electrons. The average molecular weight is 299 g/mol. The molecule has 2 heterocycles. The summed E-state index contributed by atoms with van der Waals surface area (Å²) in [6, 6.07) is 1.42. The van der Waals surface area contributed by atoms with Gasteiger partial charge >= 0.3 is 0 Å². The third-order valence-corrected chi connectivity index (χ3v) is 4.41. The van der Waals surface area contributed by atoms with Gasteiger partial charge in [0, 0.05) is 6.07 Å². The van der Waals surface area contributed by atoms with Gasteiger partial charge in [0.15, 0.2) is 0 Å². The normalized spacial score (nSPS) is 12.0. The smallest absolute Gasteiger partial charge is 0.244 e. The summed E-state index contributed by atoms with van der Waals surface area (Å²) in [5.74, 6) is 1.72. The molecule has 20 heavy (non-hydrogen) atoms. The lowest BCUT2D eigenvalue weighted by Gasteiger charge is -2.02. The van der Waals surface area contributed by atoms with Crippen molar-refractivity contribution in [1.29, 1.82) is 0 Å². The Bertz CT molecular complexity index is 696. The Kier molecular flexibility index (Phi) is 3.98. The summed E-state index contributed by atoms with van der Waals surface area (Å²) >= 11 is 0. The molecular weight excluding hydrogens is 282 g/mol. The topological polar surface area (TPSA) is 111 Å². The van der Waals surface area contributed by atoms with Crippen molar-refractivity contribution in [3.63, 3.8) is 0 Å². The second-order valence-corrected chi connectivity index (χ2v) is 6.15. The van der Waals surface area contributed by atoms with E-state index in [1.807, 2.05) is 0 Å². The van der Waals surface area contributed by atoms with Crippen LogP contribution in [0.3, 0.4) is 0 Å². The highest BCUT2D eigenvalue weighted by molar-refractivity contribution is 7.89. The molecule has 0 atom stereocenters. The van der Waals surface area contributed by atoms with Crippen LogP contribution in [0, 0.1) is 20.8 Å². The molecule has 0 unspecified atom stereocenters. The molecule has 0 bridgehead atoms. The maximum Gasteiger partial charge on any atom is 0.244 e. The molecule has 0 aliphatic heterocycles. The summed E-state index contributed by atoms with van der Waals surface area (Å²) in [6.45, 7) is 5.28. The summed E-state index contributed by atoms with van der Waals surface area (Å²) in [6.07, 6.45) is 0. The van der Waals surface area contributed by atoms with Crippen LogP contribution >= 0.6 is 0 Å². The van der Waals surface area contributed by atoms with E-state index < -0.39 is 10.0 Å². The second-order valence-electron chi connectivity index (χ2n) is 4.41. The number of aryl methyl sites for hydroxylation is 3. The third-order valence-electron chi connectivity index (χ3n) is 2.90. The maximum atomic E-state index is 12.2. The largest absolute Gasteiger partial charge is 0.464 e. The predicted octanol–water partition coefficient (Wildman–Crippen LogP) is 1.13. The number of aromatic nitrogens is 1. The van der Waals surface area contributed by atoms with E-state index in [1.165, 1.54) is 6.07 Å². The van der Waals surface area contributed by atoms with Gasteiger partial charge in [0.2, 0.25) is 15.9 Å². The van der Waals surface area contributed by atoms with Gasteiger partial charge in [-0.1, -0.05) is 0 Å². The number of nitrogens with zero attached hydrogens (tertiary/aromatic N) is 1. The van der Waals surface area contributed by atoms with Gasteiger partial charge in [0.25, 0.3) is 0 Å². The summed E-state index contributed by atoms with van der Waals surface area (Å²) in [5.41, 5.74) is 6.17. The minimum absolute atomic E-state index is 0.0143. The molecule has 2 aromatic heterocycles. The molecule has 0 radical (unpaired) electrons. The first-order valence-electron chi connectivity index (χ1n) is 6.05. The summed E-state index contributed by atoms with van der Waals surface area (Å²) in [4.78, 5) is 4.20. The molecular formula is C12H17N3O4S. The van der Waals surface area contributed by atoms with Crippen molar-refractivity contribution in [1.82, 2.24) is 9.71 Å². The number of oxazole rings is 1. The molecule has 2 rings (SSSR count). The van der Waals surface area contributed by atoms with Gasteiger partial charge in [0.1, 0.15) is 22.2 Å². The zero-order chi connectivity index (χ0) is 14.9. The lowest BCUT2D eigenvalue weighted by Crippen LogP contribution is -2.23. The first-order chi connectivity index (χ1) is 9.33. The highest BCUT2D eigenvalue weighted by Gasteiger charge is 2.21. The molecule has 2 aromatic rings. The fourth-order valence-electron chi connectivity index (χ4n) is 1.74. The van der Waals surface area contributed by atoms with E-state index in [0.29, 0.717) is 23.2 Å². The molecule has 0 fully saturated rings. The van der Waals surface area contributed by atoms with Gasteiger partial charge in [-0.3, -0.25) is 0 Å². The highest BCUT2D eigenvalue weighted by Crippen LogP contribution is 2.20. The van der Waals surface area contributed by atoms with Crippen LogP contribution in [0.15, 0.2) is 19.8 Å². The van der Waals surface area contributed by atoms with Crippen LogP contribution in [0.2, 0.25) is 0 Å². The van der Waals surface area contributed by atoms with Crippen molar-refractivity contribution in [2.24, 2.45) is 5.73 Å². The van der Waals surface area contributed by atoms with Gasteiger partial charge in [-0.25, -0.2) is 18.1 Å². The number of furan rings is 1. The van der Waals surface area contributed by atoms with Crippen LogP contribution in [-0.2, 0) is 23.1 Å². The Morgan fingerprint density at radius 3 is 2.45 bits per heavy atom. The molecule has 7 nitrogen and oxygen atoms in total. The molecule has 0 aliphatic rings. The monoisotopic (exact) mass is 299 g/mol. The van der Waals surface area contributed by atoms with E-state index in [1.54, 1.807) is 20.8 Å². The summed E-state index contributed by atoms with van der Waals surface area (Å²) < 4.78 is 37.3. The Balaban J connectivity index is 2.16. The SMILES string of the molecule is Cc1nc(CNS(=O)(=O)c2cc(CN)oc2C)oc1C. The fourth-order valence-corrected chi connectivity index (χ4v) is 2.92. The Morgan fingerprint density at radius 1 is 1.25 bits per heavy atom. The average Bonchev–Trinajstić information content (AvgIpc) is 2.91. The highest BCUT2D eigenvalue weighted by atomic mass is 32.2. The zero-order valence-corrected chi connectivity index (χ0v) is 12.4. The van der Waals surface area contributed by atoms with Crippen molar-refractivity contribution < 1.29 is 17.3 Å². The predicted molar refractivity (Wildman–Crippen MR) is 71.3 cm³/mol. The molecule has 0 spiro atoms. The van der Waals surface area contributed by atoms with Gasteiger partial charge in [-0.2, -0.15) is 0 Å². The van der Waals surface area contributed by atoms with E-state index in [9.17, 15) is 8.42 Å². The standard InChI is InChI=1S/C12H17N3O4S/c1-7-8(2)19-12(15-7)6-14-20(16,17)11-4-10(5-13)18-9(11)3/h4,14H,5-6,13H2,1-3H3. The quantitative estimate of drug-likeness (QED) is 0.856. The van der Waals surface area contributed by atoms with Gasteiger partial charge in [-0.15, -0.1) is 0 Å². The van der Waals surface area contributed by atoms with Gasteiger partial charge < -0.3 is 14.6 Å². The Morgan fingerprint density at radius 2 is 1.95 bits per heavy atom. The first kappa shape index (κ1) is 14.8. The first-order valence-corrected chi connectivity index (χ1v) is 7.53. The minimum Gasteiger partial charge on any atom is -0.464 e. The molecule has 8 heteroatoms. The number of hydrogen-bond acceptors (Lipinski definition) is 6. The van der Waals surface area contributed by atoms with E-state index in [2.05, 4.69) is 9.71 Å². The summed E-state index contributed by atoms with van der Waals surface area (Å²) in [5, 5.41) is 0. The van der Waals surface area contributed by atoms with E-state index in [0.717, 1.165) is 5.69 Å². The van der Waals surface area contributed by atoms with Crippen LogP contribution in [-0.4, -0.2) is 13.4 Å². The van der Waals surface area contributed by atoms with Crippen LogP contribution in [0.5, 0.6) is 0 Å². The molecule has 0 amide bonds. The lowest BCUT2D eigenvalue weighted by molar-refractivity contribution is 0.461. The maximum absolute atomic E-state index is 12.2. The van der Waals surface area contributed by atoms with Crippen molar-refractivity contribution in [2.75, 3.05) is 0 Å². The van der Waals surface area contributed by atoms with Crippen LogP contribution in [0.25, 0.3) is 0 Å². The fraction of sp³-hybridized carbons (Fsp3) is 0.417. The van der Waals surface area contributed by atoms with Gasteiger partial charge in [0.05, 0.1) is 18.8 Å². The van der Waals surface area contributed by atoms with E-state index in [4.69, 9.17) is 14.6 Å². The van der Waals surface area contributed by atoms with Crippen LogP contribution < -0.4 is 10.5 Å². The number of rotatable bonds is 5. The third kappa shape index (κ3) is 2.92. The van der Waals surface area contributed by atoms with Crippen molar-refractivity contribution in [2.45, 2.75) is 38.8 Å². The summed E-state index contributed by atoms with van der Waals surface area (Å²) in [7, 11) is -3.68.